The van der Waals surface area contributed by atoms with Gasteiger partial charge in [-0.1, -0.05) is 36.5 Å². The molecule has 5 nitrogen and oxygen atoms in total. The molecule has 2 unspecified atom stereocenters. The fourth-order valence-electron chi connectivity index (χ4n) is 1.73. The third-order valence-electron chi connectivity index (χ3n) is 2.81. The highest BCUT2D eigenvalue weighted by molar-refractivity contribution is 7.88. The van der Waals surface area contributed by atoms with Crippen LogP contribution >= 0.6 is 12.2 Å². The summed E-state index contributed by atoms with van der Waals surface area (Å²) < 4.78 is 37.7. The lowest BCUT2D eigenvalue weighted by atomic mass is 10.1. The van der Waals surface area contributed by atoms with E-state index in [1.165, 1.54) is 0 Å². The van der Waals surface area contributed by atoms with Crippen molar-refractivity contribution < 1.29 is 12.6 Å². The van der Waals surface area contributed by atoms with E-state index in [0.717, 1.165) is 0 Å². The zero-order valence-electron chi connectivity index (χ0n) is 12.0. The predicted molar refractivity (Wildman–Crippen MR) is 91.1 cm³/mol. The van der Waals surface area contributed by atoms with Crippen molar-refractivity contribution in [3.63, 3.8) is 0 Å². The van der Waals surface area contributed by atoms with Crippen LogP contribution in [-0.4, -0.2) is 35.7 Å². The smallest absolute Gasteiger partial charge is 0.216 e. The van der Waals surface area contributed by atoms with Gasteiger partial charge in [-0.2, -0.15) is 0 Å². The molecule has 0 saturated heterocycles. The first-order chi connectivity index (χ1) is 9.69. The van der Waals surface area contributed by atoms with Crippen molar-refractivity contribution in [3.8, 4) is 0 Å². The molecular formula is C13H20N2O3S3. The molecule has 0 amide bonds. The quantitative estimate of drug-likeness (QED) is 0.681. The minimum Gasteiger partial charge on any atom is -0.389 e. The van der Waals surface area contributed by atoms with Gasteiger partial charge in [-0.25, -0.2) is 13.1 Å². The number of hydrogen-bond acceptors (Lipinski definition) is 4. The lowest BCUT2D eigenvalue weighted by molar-refractivity contribution is 0.555. The van der Waals surface area contributed by atoms with Gasteiger partial charge in [-0.3, -0.25) is 4.21 Å². The summed E-state index contributed by atoms with van der Waals surface area (Å²) in [6.45, 7) is 1.76. The lowest BCUT2D eigenvalue weighted by Crippen LogP contribution is -2.34. The third-order valence-corrected chi connectivity index (χ3v) is 5.34. The van der Waals surface area contributed by atoms with E-state index in [9.17, 15) is 12.6 Å². The minimum atomic E-state index is -3.43. The van der Waals surface area contributed by atoms with Gasteiger partial charge in [0.2, 0.25) is 10.0 Å². The highest BCUT2D eigenvalue weighted by Gasteiger charge is 2.15. The van der Waals surface area contributed by atoms with Crippen molar-refractivity contribution in [2.24, 2.45) is 5.73 Å². The minimum absolute atomic E-state index is 0.107. The molecule has 0 aliphatic heterocycles. The first-order valence-electron chi connectivity index (χ1n) is 6.38. The molecule has 3 N–H and O–H groups in total. The van der Waals surface area contributed by atoms with Gasteiger partial charge in [0, 0.05) is 34.4 Å². The van der Waals surface area contributed by atoms with Gasteiger partial charge in [0.15, 0.2) is 0 Å². The molecule has 1 rings (SSSR count). The number of nitrogens with two attached hydrogens (primary N) is 1. The van der Waals surface area contributed by atoms with Crippen LogP contribution in [0.2, 0.25) is 0 Å². The maximum absolute atomic E-state index is 12.0. The zero-order chi connectivity index (χ0) is 16.0. The predicted octanol–water partition coefficient (Wildman–Crippen LogP) is 0.897. The summed E-state index contributed by atoms with van der Waals surface area (Å²) >= 11 is 4.84. The summed E-state index contributed by atoms with van der Waals surface area (Å²) in [7, 11) is -4.35. The standard InChI is InChI=1S/C13H20N2O3S3/c1-10(7-8-20(2)16)15-21(17,18)9-11-3-5-12(6-4-11)13(14)19/h3-6,10,15H,7-9H2,1-2H3,(H2,14,19). The molecular weight excluding hydrogens is 328 g/mol. The highest BCUT2D eigenvalue weighted by Crippen LogP contribution is 2.09. The first kappa shape index (κ1) is 18.2. The van der Waals surface area contributed by atoms with Gasteiger partial charge in [-0.05, 0) is 18.9 Å². The van der Waals surface area contributed by atoms with E-state index >= 15 is 0 Å². The van der Waals surface area contributed by atoms with Crippen LogP contribution in [0.1, 0.15) is 24.5 Å². The summed E-state index contributed by atoms with van der Waals surface area (Å²) in [5.74, 6) is 0.372. The maximum atomic E-state index is 12.0. The third kappa shape index (κ3) is 7.12. The number of benzene rings is 1. The molecule has 0 aromatic heterocycles. The Morgan fingerprint density at radius 2 is 1.95 bits per heavy atom. The number of sulfonamides is 1. The van der Waals surface area contributed by atoms with E-state index in [1.807, 2.05) is 0 Å². The molecule has 0 aliphatic carbocycles. The topological polar surface area (TPSA) is 89.3 Å². The second kappa shape index (κ2) is 7.98. The normalized spacial score (nSPS) is 14.6. The molecule has 0 radical (unpaired) electrons. The Bertz CT molecular complexity index is 612. The zero-order valence-corrected chi connectivity index (χ0v) is 14.5. The first-order valence-corrected chi connectivity index (χ1v) is 10.2. The second-order valence-electron chi connectivity index (χ2n) is 4.91. The monoisotopic (exact) mass is 348 g/mol. The molecule has 1 aromatic carbocycles. The van der Waals surface area contributed by atoms with E-state index < -0.39 is 20.8 Å². The molecule has 8 heteroatoms. The fraction of sp³-hybridized carbons (Fsp3) is 0.462. The molecule has 0 fully saturated rings. The molecule has 2 atom stereocenters. The van der Waals surface area contributed by atoms with Crippen molar-refractivity contribution >= 4 is 38.0 Å². The second-order valence-corrected chi connectivity index (χ2v) is 8.65. The SMILES string of the molecule is CC(CCS(C)=O)NS(=O)(=O)Cc1ccc(C(N)=S)cc1. The summed E-state index contributed by atoms with van der Waals surface area (Å²) in [5, 5.41) is 0. The average molecular weight is 349 g/mol. The Morgan fingerprint density at radius 1 is 1.38 bits per heavy atom. The van der Waals surface area contributed by atoms with Crippen LogP contribution in [0.25, 0.3) is 0 Å². The van der Waals surface area contributed by atoms with Crippen molar-refractivity contribution in [1.29, 1.82) is 0 Å². The average Bonchev–Trinajstić information content (AvgIpc) is 2.35. The molecule has 0 heterocycles. The lowest BCUT2D eigenvalue weighted by Gasteiger charge is -2.13. The number of hydrogen-bond donors (Lipinski definition) is 2. The summed E-state index contributed by atoms with van der Waals surface area (Å²) in [6.07, 6.45) is 2.15. The molecule has 0 aliphatic rings. The summed E-state index contributed by atoms with van der Waals surface area (Å²) in [6, 6.07) is 6.56. The van der Waals surface area contributed by atoms with Gasteiger partial charge in [0.25, 0.3) is 0 Å². The maximum Gasteiger partial charge on any atom is 0.216 e. The summed E-state index contributed by atoms with van der Waals surface area (Å²) in [5.41, 5.74) is 6.86. The molecule has 118 valence electrons. The largest absolute Gasteiger partial charge is 0.389 e. The Morgan fingerprint density at radius 3 is 2.43 bits per heavy atom. The number of thiocarbonyl (C=S) groups is 1. The van der Waals surface area contributed by atoms with Crippen LogP contribution in [0.15, 0.2) is 24.3 Å². The Hall–Kier alpha value is -0.830. The van der Waals surface area contributed by atoms with Crippen molar-refractivity contribution in [2.45, 2.75) is 25.1 Å². The number of rotatable bonds is 8. The van der Waals surface area contributed by atoms with E-state index in [0.29, 0.717) is 23.3 Å². The molecule has 0 spiro atoms. The van der Waals surface area contributed by atoms with Gasteiger partial charge >= 0.3 is 0 Å². The van der Waals surface area contributed by atoms with Crippen LogP contribution < -0.4 is 10.5 Å². The van der Waals surface area contributed by atoms with E-state index in [2.05, 4.69) is 4.72 Å². The van der Waals surface area contributed by atoms with Crippen LogP contribution in [0.3, 0.4) is 0 Å². The molecule has 0 saturated carbocycles. The van der Waals surface area contributed by atoms with Crippen LogP contribution in [0, 0.1) is 0 Å². The van der Waals surface area contributed by atoms with Crippen molar-refractivity contribution in [3.05, 3.63) is 35.4 Å². The molecule has 0 bridgehead atoms. The van der Waals surface area contributed by atoms with Crippen molar-refractivity contribution in [1.82, 2.24) is 4.72 Å². The van der Waals surface area contributed by atoms with Crippen LogP contribution in [0.5, 0.6) is 0 Å². The van der Waals surface area contributed by atoms with E-state index in [1.54, 1.807) is 37.4 Å². The van der Waals surface area contributed by atoms with Crippen molar-refractivity contribution in [2.75, 3.05) is 12.0 Å². The Balaban J connectivity index is 2.63. The van der Waals surface area contributed by atoms with Gasteiger partial charge in [0.05, 0.1) is 5.75 Å². The van der Waals surface area contributed by atoms with Crippen LogP contribution in [0.4, 0.5) is 0 Å². The highest BCUT2D eigenvalue weighted by atomic mass is 32.2. The van der Waals surface area contributed by atoms with Crippen LogP contribution in [-0.2, 0) is 26.6 Å². The van der Waals surface area contributed by atoms with E-state index in [-0.39, 0.29) is 16.8 Å². The molecule has 21 heavy (non-hydrogen) atoms. The number of nitrogens with one attached hydrogen (secondary N) is 1. The Labute approximate surface area is 133 Å². The molecule has 1 aromatic rings. The fourth-order valence-corrected chi connectivity index (χ4v) is 4.00. The summed E-state index contributed by atoms with van der Waals surface area (Å²) in [4.78, 5) is 0.281. The van der Waals surface area contributed by atoms with Gasteiger partial charge in [-0.15, -0.1) is 0 Å². The van der Waals surface area contributed by atoms with Gasteiger partial charge < -0.3 is 5.73 Å². The Kier molecular flexibility index (Phi) is 6.92. The van der Waals surface area contributed by atoms with Gasteiger partial charge in [0.1, 0.15) is 4.99 Å². The van der Waals surface area contributed by atoms with E-state index in [4.69, 9.17) is 18.0 Å².